The number of hydrogen-bond donors (Lipinski definition) is 1. The average Bonchev–Trinajstić information content (AvgIpc) is 2.81. The summed E-state index contributed by atoms with van der Waals surface area (Å²) in [4.78, 5) is 36.8. The summed E-state index contributed by atoms with van der Waals surface area (Å²) in [7, 11) is 0. The molecule has 1 saturated heterocycles. The van der Waals surface area contributed by atoms with Crippen molar-refractivity contribution < 1.29 is 9.59 Å². The van der Waals surface area contributed by atoms with Crippen molar-refractivity contribution in [2.24, 2.45) is 0 Å². The van der Waals surface area contributed by atoms with Gasteiger partial charge in [0.2, 0.25) is 11.8 Å². The summed E-state index contributed by atoms with van der Waals surface area (Å²) in [6, 6.07) is 19.4. The number of anilines is 2. The maximum Gasteiger partial charge on any atom is 0.227 e. The molecule has 0 bridgehead atoms. The molecular formula is C24H25N5O2. The first-order chi connectivity index (χ1) is 15.1. The van der Waals surface area contributed by atoms with Crippen LogP contribution in [0.2, 0.25) is 0 Å². The molecule has 1 fully saturated rings. The van der Waals surface area contributed by atoms with Gasteiger partial charge in [-0.05, 0) is 17.7 Å². The van der Waals surface area contributed by atoms with Crippen molar-refractivity contribution in [3.63, 3.8) is 0 Å². The zero-order valence-electron chi connectivity index (χ0n) is 17.5. The van der Waals surface area contributed by atoms with E-state index in [9.17, 15) is 9.59 Å². The van der Waals surface area contributed by atoms with Gasteiger partial charge in [0.1, 0.15) is 12.1 Å². The Hall–Kier alpha value is -3.74. The average molecular weight is 415 g/mol. The third kappa shape index (κ3) is 5.25. The molecule has 7 heteroatoms. The molecule has 3 aromatic rings. The third-order valence-corrected chi connectivity index (χ3v) is 5.31. The fourth-order valence-corrected chi connectivity index (χ4v) is 3.67. The highest BCUT2D eigenvalue weighted by Gasteiger charge is 2.22. The van der Waals surface area contributed by atoms with E-state index in [0.29, 0.717) is 19.5 Å². The Morgan fingerprint density at radius 1 is 0.935 bits per heavy atom. The van der Waals surface area contributed by atoms with Gasteiger partial charge in [0.15, 0.2) is 0 Å². The van der Waals surface area contributed by atoms with Crippen LogP contribution in [-0.4, -0.2) is 52.9 Å². The molecule has 2 heterocycles. The SMILES string of the molecule is CC(=O)Nc1ccc(CC(=O)N2CCN(c3cc(-c4ccccc4)ncn3)CC2)cc1. The molecule has 0 atom stereocenters. The number of nitrogens with one attached hydrogen (secondary N) is 1. The van der Waals surface area contributed by atoms with Crippen LogP contribution in [0.15, 0.2) is 67.0 Å². The first kappa shape index (κ1) is 20.5. The van der Waals surface area contributed by atoms with Crippen LogP contribution in [0.5, 0.6) is 0 Å². The summed E-state index contributed by atoms with van der Waals surface area (Å²) in [5.41, 5.74) is 3.62. The van der Waals surface area contributed by atoms with Gasteiger partial charge in [-0.2, -0.15) is 0 Å². The van der Waals surface area contributed by atoms with Crippen molar-refractivity contribution in [3.8, 4) is 11.3 Å². The Balaban J connectivity index is 1.33. The number of hydrogen-bond acceptors (Lipinski definition) is 5. The van der Waals surface area contributed by atoms with E-state index in [4.69, 9.17) is 0 Å². The lowest BCUT2D eigenvalue weighted by molar-refractivity contribution is -0.130. The second-order valence-electron chi connectivity index (χ2n) is 7.55. The Bertz CT molecular complexity index is 1050. The minimum absolute atomic E-state index is 0.110. The van der Waals surface area contributed by atoms with E-state index in [2.05, 4.69) is 20.2 Å². The summed E-state index contributed by atoms with van der Waals surface area (Å²) in [6.45, 7) is 4.26. The highest BCUT2D eigenvalue weighted by Crippen LogP contribution is 2.21. The minimum atomic E-state index is -0.110. The Morgan fingerprint density at radius 2 is 1.65 bits per heavy atom. The molecule has 0 spiro atoms. The number of amides is 2. The molecule has 2 amide bonds. The van der Waals surface area contributed by atoms with Crippen molar-refractivity contribution in [1.29, 1.82) is 0 Å². The smallest absolute Gasteiger partial charge is 0.227 e. The number of benzene rings is 2. The molecule has 7 nitrogen and oxygen atoms in total. The third-order valence-electron chi connectivity index (χ3n) is 5.31. The summed E-state index contributed by atoms with van der Waals surface area (Å²) in [5.74, 6) is 0.885. The van der Waals surface area contributed by atoms with Crippen molar-refractivity contribution in [2.45, 2.75) is 13.3 Å². The molecule has 1 aliphatic rings. The van der Waals surface area contributed by atoms with Crippen LogP contribution in [0, 0.1) is 0 Å². The van der Waals surface area contributed by atoms with Gasteiger partial charge in [-0.1, -0.05) is 42.5 Å². The number of nitrogens with zero attached hydrogens (tertiary/aromatic N) is 4. The molecule has 4 rings (SSSR count). The summed E-state index contributed by atoms with van der Waals surface area (Å²) in [6.07, 6.45) is 1.95. The quantitative estimate of drug-likeness (QED) is 0.693. The molecule has 158 valence electrons. The van der Waals surface area contributed by atoms with Crippen LogP contribution in [0.4, 0.5) is 11.5 Å². The Kier molecular flexibility index (Phi) is 6.21. The van der Waals surface area contributed by atoms with Gasteiger partial charge in [0.25, 0.3) is 0 Å². The zero-order valence-corrected chi connectivity index (χ0v) is 17.5. The first-order valence-electron chi connectivity index (χ1n) is 10.4. The van der Waals surface area contributed by atoms with Crippen LogP contribution in [0.25, 0.3) is 11.3 Å². The standard InChI is InChI=1S/C24H25N5O2/c1-18(30)27-21-9-7-19(8-10-21)15-24(31)29-13-11-28(12-14-29)23-16-22(25-17-26-23)20-5-3-2-4-6-20/h2-10,16-17H,11-15H2,1H3,(H,27,30). The van der Waals surface area contributed by atoms with Crippen molar-refractivity contribution >= 4 is 23.3 Å². The summed E-state index contributed by atoms with van der Waals surface area (Å²) >= 11 is 0. The van der Waals surface area contributed by atoms with Crippen LogP contribution in [-0.2, 0) is 16.0 Å². The number of rotatable bonds is 5. The van der Waals surface area contributed by atoms with Crippen molar-refractivity contribution in [3.05, 3.63) is 72.6 Å². The molecule has 1 N–H and O–H groups in total. The molecule has 31 heavy (non-hydrogen) atoms. The number of carbonyl (C=O) groups is 2. The number of carbonyl (C=O) groups excluding carboxylic acids is 2. The normalized spacial score (nSPS) is 13.7. The minimum Gasteiger partial charge on any atom is -0.353 e. The van der Waals surface area contributed by atoms with Crippen LogP contribution in [0.3, 0.4) is 0 Å². The molecule has 0 saturated carbocycles. The maximum absolute atomic E-state index is 12.7. The molecule has 0 unspecified atom stereocenters. The fraction of sp³-hybridized carbons (Fsp3) is 0.250. The molecule has 0 radical (unpaired) electrons. The van der Waals surface area contributed by atoms with Gasteiger partial charge in [-0.15, -0.1) is 0 Å². The second-order valence-corrected chi connectivity index (χ2v) is 7.55. The largest absolute Gasteiger partial charge is 0.353 e. The van der Waals surface area contributed by atoms with E-state index in [1.807, 2.05) is 65.6 Å². The molecule has 1 aromatic heterocycles. The molecular weight excluding hydrogens is 390 g/mol. The second kappa shape index (κ2) is 9.38. The van der Waals surface area contributed by atoms with E-state index in [1.54, 1.807) is 6.33 Å². The van der Waals surface area contributed by atoms with Crippen LogP contribution < -0.4 is 10.2 Å². The van der Waals surface area contributed by atoms with Crippen LogP contribution in [0.1, 0.15) is 12.5 Å². The number of aromatic nitrogens is 2. The topological polar surface area (TPSA) is 78.4 Å². The Morgan fingerprint density at radius 3 is 2.32 bits per heavy atom. The lowest BCUT2D eigenvalue weighted by Gasteiger charge is -2.35. The van der Waals surface area contributed by atoms with E-state index >= 15 is 0 Å². The first-order valence-corrected chi connectivity index (χ1v) is 10.4. The monoisotopic (exact) mass is 415 g/mol. The van der Waals surface area contributed by atoms with Crippen molar-refractivity contribution in [1.82, 2.24) is 14.9 Å². The predicted molar refractivity (Wildman–Crippen MR) is 121 cm³/mol. The zero-order chi connectivity index (χ0) is 21.6. The van der Waals surface area contributed by atoms with Gasteiger partial charge < -0.3 is 15.1 Å². The van der Waals surface area contributed by atoms with E-state index in [1.165, 1.54) is 6.92 Å². The lowest BCUT2D eigenvalue weighted by Crippen LogP contribution is -2.49. The van der Waals surface area contributed by atoms with Gasteiger partial charge in [0, 0.05) is 50.4 Å². The molecule has 1 aliphatic heterocycles. The van der Waals surface area contributed by atoms with Gasteiger partial charge >= 0.3 is 0 Å². The highest BCUT2D eigenvalue weighted by atomic mass is 16.2. The van der Waals surface area contributed by atoms with Gasteiger partial charge in [-0.25, -0.2) is 9.97 Å². The van der Waals surface area contributed by atoms with E-state index in [0.717, 1.165) is 41.4 Å². The fourth-order valence-electron chi connectivity index (χ4n) is 3.67. The van der Waals surface area contributed by atoms with Crippen LogP contribution >= 0.6 is 0 Å². The highest BCUT2D eigenvalue weighted by molar-refractivity contribution is 5.88. The lowest BCUT2D eigenvalue weighted by atomic mass is 10.1. The summed E-state index contributed by atoms with van der Waals surface area (Å²) in [5, 5.41) is 2.73. The summed E-state index contributed by atoms with van der Waals surface area (Å²) < 4.78 is 0. The molecule has 2 aromatic carbocycles. The Labute approximate surface area is 181 Å². The van der Waals surface area contributed by atoms with E-state index < -0.39 is 0 Å². The van der Waals surface area contributed by atoms with Crippen molar-refractivity contribution in [2.75, 3.05) is 36.4 Å². The van der Waals surface area contributed by atoms with E-state index in [-0.39, 0.29) is 11.8 Å². The maximum atomic E-state index is 12.7. The predicted octanol–water partition coefficient (Wildman–Crippen LogP) is 2.99. The van der Waals surface area contributed by atoms with Gasteiger partial charge in [-0.3, -0.25) is 9.59 Å². The molecule has 0 aliphatic carbocycles. The van der Waals surface area contributed by atoms with Gasteiger partial charge in [0.05, 0.1) is 12.1 Å². The number of piperazine rings is 1.